The largest absolute Gasteiger partial charge is 0.512 e. The van der Waals surface area contributed by atoms with E-state index in [9.17, 15) is 9.90 Å². The normalized spacial score (nSPS) is 22.2. The highest BCUT2D eigenvalue weighted by Gasteiger charge is 2.21. The molecule has 0 unspecified atom stereocenters. The Balaban J connectivity index is 2.32. The molecule has 0 bridgehead atoms. The third-order valence-electron chi connectivity index (χ3n) is 2.72. The lowest BCUT2D eigenvalue weighted by Crippen LogP contribution is -2.40. The molecule has 0 aromatic rings. The molecule has 1 aliphatic rings. The van der Waals surface area contributed by atoms with Gasteiger partial charge in [-0.3, -0.25) is 4.79 Å². The first kappa shape index (κ1) is 13.0. The van der Waals surface area contributed by atoms with Crippen molar-refractivity contribution in [3.8, 4) is 0 Å². The van der Waals surface area contributed by atoms with Crippen LogP contribution in [0.3, 0.4) is 0 Å². The summed E-state index contributed by atoms with van der Waals surface area (Å²) in [7, 11) is 0. The number of amides is 1. The van der Waals surface area contributed by atoms with Crippen LogP contribution < -0.4 is 10.6 Å². The van der Waals surface area contributed by atoms with Crippen molar-refractivity contribution < 1.29 is 9.90 Å². The lowest BCUT2D eigenvalue weighted by molar-refractivity contribution is -0.122. The Labute approximate surface area is 97.1 Å². The summed E-state index contributed by atoms with van der Waals surface area (Å²) in [6.45, 7) is 7.10. The van der Waals surface area contributed by atoms with Gasteiger partial charge in [-0.25, -0.2) is 0 Å². The van der Waals surface area contributed by atoms with Crippen LogP contribution in [0.5, 0.6) is 0 Å². The Bertz CT molecular complexity index is 273. The Kier molecular flexibility index (Phi) is 4.35. The number of hydrogen-bond donors (Lipinski definition) is 3. The Morgan fingerprint density at radius 3 is 2.75 bits per heavy atom. The van der Waals surface area contributed by atoms with Crippen LogP contribution in [-0.2, 0) is 4.79 Å². The number of rotatable bonds is 3. The van der Waals surface area contributed by atoms with Crippen molar-refractivity contribution in [1.29, 1.82) is 0 Å². The molecule has 0 aromatic heterocycles. The van der Waals surface area contributed by atoms with Gasteiger partial charge in [-0.15, -0.1) is 0 Å². The van der Waals surface area contributed by atoms with E-state index in [1.807, 2.05) is 20.8 Å². The fourth-order valence-electron chi connectivity index (χ4n) is 1.59. The van der Waals surface area contributed by atoms with E-state index >= 15 is 0 Å². The average Bonchev–Trinajstić information content (AvgIpc) is 2.68. The second-order valence-corrected chi connectivity index (χ2v) is 5.23. The van der Waals surface area contributed by atoms with Gasteiger partial charge in [0.25, 0.3) is 0 Å². The van der Waals surface area contributed by atoms with Gasteiger partial charge in [0.15, 0.2) is 0 Å². The van der Waals surface area contributed by atoms with Crippen LogP contribution in [0.1, 0.15) is 33.6 Å². The van der Waals surface area contributed by atoms with Crippen LogP contribution in [-0.4, -0.2) is 30.1 Å². The predicted octanol–water partition coefficient (Wildman–Crippen LogP) is 1.34. The molecule has 0 radical (unpaired) electrons. The summed E-state index contributed by atoms with van der Waals surface area (Å²) in [5.41, 5.74) is -0.254. The number of hydrogen-bond acceptors (Lipinski definition) is 3. The minimum absolute atomic E-state index is 0.0236. The van der Waals surface area contributed by atoms with Gasteiger partial charge in [0.05, 0.1) is 11.8 Å². The predicted molar refractivity (Wildman–Crippen MR) is 64.2 cm³/mol. The highest BCUT2D eigenvalue weighted by molar-refractivity contribution is 5.82. The first-order valence-electron chi connectivity index (χ1n) is 5.82. The van der Waals surface area contributed by atoms with Gasteiger partial charge in [0.1, 0.15) is 0 Å². The maximum atomic E-state index is 11.6. The van der Waals surface area contributed by atoms with E-state index in [-0.39, 0.29) is 17.4 Å². The van der Waals surface area contributed by atoms with Crippen molar-refractivity contribution in [2.45, 2.75) is 39.7 Å². The second kappa shape index (κ2) is 5.34. The van der Waals surface area contributed by atoms with Crippen molar-refractivity contribution in [2.24, 2.45) is 5.41 Å². The molecule has 1 saturated heterocycles. The third-order valence-corrected chi connectivity index (χ3v) is 2.72. The van der Waals surface area contributed by atoms with Gasteiger partial charge >= 0.3 is 0 Å². The maximum Gasteiger partial charge on any atom is 0.237 e. The van der Waals surface area contributed by atoms with E-state index in [1.165, 1.54) is 0 Å². The molecule has 16 heavy (non-hydrogen) atoms. The lowest BCUT2D eigenvalue weighted by Gasteiger charge is -2.17. The average molecular weight is 226 g/mol. The fraction of sp³-hybridized carbons (Fsp3) is 0.750. The topological polar surface area (TPSA) is 61.4 Å². The molecule has 0 saturated carbocycles. The summed E-state index contributed by atoms with van der Waals surface area (Å²) in [5.74, 6) is 0.336. The van der Waals surface area contributed by atoms with Crippen molar-refractivity contribution in [1.82, 2.24) is 10.6 Å². The van der Waals surface area contributed by atoms with E-state index in [2.05, 4.69) is 10.6 Å². The highest BCUT2D eigenvalue weighted by Crippen LogP contribution is 2.21. The standard InChI is InChI=1S/C12H22N2O2/c1-12(2,3)10(15)6-8-14-11(16)9-5-4-7-13-9/h6,9,13,15H,4-5,7-8H2,1-3H3,(H,14,16)/b10-6-/t9-/m0/s1. The van der Waals surface area contributed by atoms with Gasteiger partial charge in [-0.05, 0) is 25.5 Å². The van der Waals surface area contributed by atoms with Crippen molar-refractivity contribution in [3.63, 3.8) is 0 Å². The zero-order valence-corrected chi connectivity index (χ0v) is 10.3. The molecule has 0 aromatic carbocycles. The molecule has 0 spiro atoms. The van der Waals surface area contributed by atoms with E-state index in [0.717, 1.165) is 19.4 Å². The molecule has 92 valence electrons. The number of aliphatic hydroxyl groups excluding tert-OH is 1. The summed E-state index contributed by atoms with van der Waals surface area (Å²) in [5, 5.41) is 15.6. The Morgan fingerprint density at radius 1 is 1.56 bits per heavy atom. The number of allylic oxidation sites excluding steroid dienone is 1. The van der Waals surface area contributed by atoms with Gasteiger partial charge in [0.2, 0.25) is 5.91 Å². The lowest BCUT2D eigenvalue weighted by atomic mass is 9.94. The minimum atomic E-state index is -0.254. The molecule has 1 fully saturated rings. The van der Waals surface area contributed by atoms with Crippen LogP contribution >= 0.6 is 0 Å². The van der Waals surface area contributed by atoms with Gasteiger partial charge < -0.3 is 15.7 Å². The monoisotopic (exact) mass is 226 g/mol. The Morgan fingerprint density at radius 2 is 2.25 bits per heavy atom. The molecular weight excluding hydrogens is 204 g/mol. The molecular formula is C12H22N2O2. The summed E-state index contributed by atoms with van der Waals surface area (Å²) < 4.78 is 0. The Hall–Kier alpha value is -1.03. The molecule has 1 rings (SSSR count). The van der Waals surface area contributed by atoms with Crippen LogP contribution in [0.15, 0.2) is 11.8 Å². The quantitative estimate of drug-likeness (QED) is 0.636. The SMILES string of the molecule is CC(C)(C)/C(O)=C/CNC(=O)[C@@H]1CCCN1. The second-order valence-electron chi connectivity index (χ2n) is 5.23. The molecule has 0 aliphatic carbocycles. The van der Waals surface area contributed by atoms with Crippen molar-refractivity contribution >= 4 is 5.91 Å². The number of aliphatic hydroxyl groups is 1. The summed E-state index contributed by atoms with van der Waals surface area (Å²) >= 11 is 0. The smallest absolute Gasteiger partial charge is 0.237 e. The molecule has 4 heteroatoms. The van der Waals surface area contributed by atoms with Crippen LogP contribution in [0.2, 0.25) is 0 Å². The van der Waals surface area contributed by atoms with Crippen LogP contribution in [0, 0.1) is 5.41 Å². The summed E-state index contributed by atoms with van der Waals surface area (Å²) in [4.78, 5) is 11.6. The van der Waals surface area contributed by atoms with E-state index in [0.29, 0.717) is 12.3 Å². The first-order valence-corrected chi connectivity index (χ1v) is 5.82. The van der Waals surface area contributed by atoms with Crippen LogP contribution in [0.4, 0.5) is 0 Å². The number of carbonyl (C=O) groups is 1. The molecule has 1 amide bonds. The first-order chi connectivity index (χ1) is 7.41. The van der Waals surface area contributed by atoms with Crippen molar-refractivity contribution in [3.05, 3.63) is 11.8 Å². The molecule has 1 atom stereocenters. The highest BCUT2D eigenvalue weighted by atomic mass is 16.3. The van der Waals surface area contributed by atoms with Gasteiger partial charge in [-0.1, -0.05) is 20.8 Å². The minimum Gasteiger partial charge on any atom is -0.512 e. The summed E-state index contributed by atoms with van der Waals surface area (Å²) in [6, 6.07) is -0.0508. The zero-order valence-electron chi connectivity index (χ0n) is 10.3. The molecule has 1 heterocycles. The third kappa shape index (κ3) is 3.85. The molecule has 3 N–H and O–H groups in total. The van der Waals surface area contributed by atoms with E-state index in [4.69, 9.17) is 0 Å². The number of carbonyl (C=O) groups excluding carboxylic acids is 1. The fourth-order valence-corrected chi connectivity index (χ4v) is 1.59. The molecule has 4 nitrogen and oxygen atoms in total. The van der Waals surface area contributed by atoms with Gasteiger partial charge in [-0.2, -0.15) is 0 Å². The van der Waals surface area contributed by atoms with Crippen molar-refractivity contribution in [2.75, 3.05) is 13.1 Å². The van der Waals surface area contributed by atoms with Crippen LogP contribution in [0.25, 0.3) is 0 Å². The van der Waals surface area contributed by atoms with E-state index < -0.39 is 0 Å². The van der Waals surface area contributed by atoms with Gasteiger partial charge in [0, 0.05) is 12.0 Å². The molecule has 1 aliphatic heterocycles. The number of nitrogens with one attached hydrogen (secondary N) is 2. The van der Waals surface area contributed by atoms with E-state index in [1.54, 1.807) is 6.08 Å². The maximum absolute atomic E-state index is 11.6. The zero-order chi connectivity index (χ0) is 12.2. The summed E-state index contributed by atoms with van der Waals surface area (Å²) in [6.07, 6.45) is 3.62.